The molecule has 0 radical (unpaired) electrons. The highest BCUT2D eigenvalue weighted by Crippen LogP contribution is 2.44. The minimum Gasteiger partial charge on any atom is -0.338 e. The van der Waals surface area contributed by atoms with E-state index in [1.165, 1.54) is 42.8 Å². The topological polar surface area (TPSA) is 10.4 Å². The van der Waals surface area contributed by atoms with E-state index in [2.05, 4.69) is 151 Å². The minimum atomic E-state index is 1.03. The Morgan fingerprint density at radius 2 is 1.65 bits per heavy atom. The Bertz CT molecular complexity index is 1470. The molecule has 2 heterocycles. The number of aromatic nitrogens is 1. The molecule has 0 saturated carbocycles. The van der Waals surface area contributed by atoms with E-state index in [9.17, 15) is 0 Å². The van der Waals surface area contributed by atoms with Crippen LogP contribution in [0.15, 0.2) is 124 Å². The van der Waals surface area contributed by atoms with E-state index in [0.29, 0.717) is 0 Å². The maximum absolute atomic E-state index is 2.39. The molecule has 1 aromatic heterocycles. The molecule has 5 heteroatoms. The fourth-order valence-electron chi connectivity index (χ4n) is 4.35. The van der Waals surface area contributed by atoms with Gasteiger partial charge < -0.3 is 9.80 Å². The van der Waals surface area contributed by atoms with Crippen molar-refractivity contribution in [2.75, 3.05) is 38.3 Å². The fraction of sp³-hybridized carbons (Fsp3) is 0.156. The number of hydrogen-bond acceptors (Lipinski definition) is 4. The molecular formula is C32H32N3S2+. The first-order valence-electron chi connectivity index (χ1n) is 12.5. The molecule has 0 N–H and O–H groups in total. The lowest BCUT2D eigenvalue weighted by Gasteiger charge is -2.12. The summed E-state index contributed by atoms with van der Waals surface area (Å²) in [7, 11) is 6.38. The quantitative estimate of drug-likeness (QED) is 0.135. The first kappa shape index (κ1) is 25.4. The average Bonchev–Trinajstić information content (AvgIpc) is 3.24. The van der Waals surface area contributed by atoms with Crippen molar-refractivity contribution in [3.05, 3.63) is 120 Å². The third-order valence-corrected chi connectivity index (χ3v) is 8.43. The second kappa shape index (κ2) is 11.9. The van der Waals surface area contributed by atoms with E-state index in [0.717, 1.165) is 12.3 Å². The molecule has 0 amide bonds. The summed E-state index contributed by atoms with van der Waals surface area (Å²) in [5.41, 5.74) is 4.90. The van der Waals surface area contributed by atoms with E-state index in [-0.39, 0.29) is 0 Å². The number of nitrogens with zero attached hydrogens (tertiary/aromatic N) is 3. The van der Waals surface area contributed by atoms with Crippen LogP contribution in [0.5, 0.6) is 0 Å². The highest BCUT2D eigenvalue weighted by molar-refractivity contribution is 8.03. The van der Waals surface area contributed by atoms with Crippen molar-refractivity contribution in [3.8, 4) is 5.69 Å². The smallest absolute Gasteiger partial charge is 0.247 e. The van der Waals surface area contributed by atoms with E-state index >= 15 is 0 Å². The number of benzene rings is 3. The maximum Gasteiger partial charge on any atom is 0.247 e. The van der Waals surface area contributed by atoms with Gasteiger partial charge in [0.15, 0.2) is 0 Å². The molecule has 0 spiro atoms. The van der Waals surface area contributed by atoms with Crippen LogP contribution in [0.25, 0.3) is 22.7 Å². The van der Waals surface area contributed by atoms with Crippen molar-refractivity contribution in [2.45, 2.75) is 9.92 Å². The predicted molar refractivity (Wildman–Crippen MR) is 162 cm³/mol. The van der Waals surface area contributed by atoms with Crippen LogP contribution in [0.1, 0.15) is 5.56 Å². The van der Waals surface area contributed by atoms with Gasteiger partial charge >= 0.3 is 0 Å². The Morgan fingerprint density at radius 1 is 0.892 bits per heavy atom. The van der Waals surface area contributed by atoms with Gasteiger partial charge in [0.1, 0.15) is 0 Å². The first-order valence-corrected chi connectivity index (χ1v) is 14.3. The van der Waals surface area contributed by atoms with Gasteiger partial charge in [0.2, 0.25) is 16.2 Å². The van der Waals surface area contributed by atoms with E-state index < -0.39 is 0 Å². The zero-order valence-corrected chi connectivity index (χ0v) is 23.2. The van der Waals surface area contributed by atoms with Crippen molar-refractivity contribution < 1.29 is 4.57 Å². The van der Waals surface area contributed by atoms with Crippen LogP contribution in [0.3, 0.4) is 0 Å². The van der Waals surface area contributed by atoms with Gasteiger partial charge in [-0.3, -0.25) is 0 Å². The van der Waals surface area contributed by atoms with Crippen molar-refractivity contribution >= 4 is 46.2 Å². The molecule has 0 unspecified atom stereocenters. The molecule has 4 aromatic rings. The Morgan fingerprint density at radius 3 is 2.46 bits per heavy atom. The van der Waals surface area contributed by atoms with Crippen LogP contribution in [-0.4, -0.2) is 38.3 Å². The average molecular weight is 523 g/mol. The fourth-order valence-corrected chi connectivity index (χ4v) is 6.63. The number of anilines is 1. The molecule has 0 saturated heterocycles. The summed E-state index contributed by atoms with van der Waals surface area (Å²) in [4.78, 5) is 5.79. The summed E-state index contributed by atoms with van der Waals surface area (Å²) in [6.45, 7) is 1.03. The molecule has 3 aromatic carbocycles. The largest absolute Gasteiger partial charge is 0.338 e. The molecule has 0 fully saturated rings. The lowest BCUT2D eigenvalue weighted by Crippen LogP contribution is -2.35. The summed E-state index contributed by atoms with van der Waals surface area (Å²) in [6, 6.07) is 30.2. The molecule has 1 aliphatic heterocycles. The van der Waals surface area contributed by atoms with Crippen molar-refractivity contribution in [3.63, 3.8) is 0 Å². The van der Waals surface area contributed by atoms with Gasteiger partial charge in [-0.15, -0.1) is 4.57 Å². The SMILES string of the molecule is CN(C)CCSc1cc(C=CC=CC=C2Sc3ccccc3N2C)c2ccccc2[n+]1-c1ccccc1. The van der Waals surface area contributed by atoms with Crippen LogP contribution in [0, 0.1) is 0 Å². The van der Waals surface area contributed by atoms with E-state index in [4.69, 9.17) is 0 Å². The highest BCUT2D eigenvalue weighted by atomic mass is 32.2. The molecular weight excluding hydrogens is 491 g/mol. The highest BCUT2D eigenvalue weighted by Gasteiger charge is 2.22. The van der Waals surface area contributed by atoms with Crippen LogP contribution in [-0.2, 0) is 0 Å². The zero-order valence-electron chi connectivity index (χ0n) is 21.5. The lowest BCUT2D eigenvalue weighted by atomic mass is 10.1. The Kier molecular flexibility index (Phi) is 8.15. The van der Waals surface area contributed by atoms with Crippen molar-refractivity contribution in [2.24, 2.45) is 0 Å². The van der Waals surface area contributed by atoms with Gasteiger partial charge in [-0.2, -0.15) is 0 Å². The van der Waals surface area contributed by atoms with E-state index in [1.54, 1.807) is 0 Å². The summed E-state index contributed by atoms with van der Waals surface area (Å²) < 4.78 is 2.39. The number of rotatable bonds is 8. The number of pyridine rings is 1. The Hall–Kier alpha value is -3.25. The normalized spacial score (nSPS) is 14.6. The van der Waals surface area contributed by atoms with Gasteiger partial charge in [-0.1, -0.05) is 90.3 Å². The van der Waals surface area contributed by atoms with Crippen molar-refractivity contribution in [1.29, 1.82) is 0 Å². The van der Waals surface area contributed by atoms with Gasteiger partial charge in [0, 0.05) is 48.5 Å². The van der Waals surface area contributed by atoms with Crippen LogP contribution in [0.2, 0.25) is 0 Å². The van der Waals surface area contributed by atoms with Gasteiger partial charge in [-0.05, 0) is 43.9 Å². The van der Waals surface area contributed by atoms with Crippen LogP contribution in [0.4, 0.5) is 5.69 Å². The number of para-hydroxylation sites is 3. The molecule has 186 valence electrons. The Labute approximate surface area is 228 Å². The predicted octanol–water partition coefficient (Wildman–Crippen LogP) is 7.42. The van der Waals surface area contributed by atoms with Gasteiger partial charge in [0.25, 0.3) is 0 Å². The molecule has 37 heavy (non-hydrogen) atoms. The molecule has 0 aliphatic carbocycles. The first-order chi connectivity index (χ1) is 18.1. The minimum absolute atomic E-state index is 1.03. The number of allylic oxidation sites excluding steroid dienone is 4. The molecule has 0 atom stereocenters. The van der Waals surface area contributed by atoms with Gasteiger partial charge in [-0.25, -0.2) is 0 Å². The summed E-state index contributed by atoms with van der Waals surface area (Å²) in [5.74, 6) is 1.03. The van der Waals surface area contributed by atoms with Crippen molar-refractivity contribution in [1.82, 2.24) is 4.90 Å². The third kappa shape index (κ3) is 5.85. The third-order valence-electron chi connectivity index (χ3n) is 6.27. The molecule has 0 bridgehead atoms. The molecule has 1 aliphatic rings. The Balaban J connectivity index is 1.45. The molecule has 3 nitrogen and oxygen atoms in total. The second-order valence-electron chi connectivity index (χ2n) is 9.16. The van der Waals surface area contributed by atoms with Gasteiger partial charge in [0.05, 0.1) is 16.1 Å². The monoisotopic (exact) mass is 522 g/mol. The number of fused-ring (bicyclic) bond motifs is 2. The van der Waals surface area contributed by atoms with Crippen LogP contribution >= 0.6 is 23.5 Å². The summed E-state index contributed by atoms with van der Waals surface area (Å²) >= 11 is 3.72. The second-order valence-corrected chi connectivity index (χ2v) is 11.3. The lowest BCUT2D eigenvalue weighted by molar-refractivity contribution is -0.608. The number of thioether (sulfide) groups is 2. The standard InChI is InChI=1S/C32H32N3S2/c1-33(2)22-23-36-32-24-25(27-17-10-11-18-28(27)35(32)26-15-7-5-8-16-26)14-6-4-9-21-31-34(3)29-19-12-13-20-30(29)37-31/h4-21,24H,22-23H2,1-3H3/q+1. The van der Waals surface area contributed by atoms with E-state index in [1.807, 2.05) is 23.5 Å². The number of hydrogen-bond donors (Lipinski definition) is 0. The summed E-state index contributed by atoms with van der Waals surface area (Å²) in [6.07, 6.45) is 10.8. The zero-order chi connectivity index (χ0) is 25.6. The summed E-state index contributed by atoms with van der Waals surface area (Å²) in [5, 5.41) is 3.73. The maximum atomic E-state index is 2.39. The van der Waals surface area contributed by atoms with Crippen LogP contribution < -0.4 is 9.47 Å². The molecule has 5 rings (SSSR count).